The molecule has 1 aliphatic carbocycles. The van der Waals surface area contributed by atoms with Gasteiger partial charge in [-0.2, -0.15) is 0 Å². The molecule has 0 spiro atoms. The van der Waals surface area contributed by atoms with E-state index in [-0.39, 0.29) is 6.04 Å². The second kappa shape index (κ2) is 6.02. The fourth-order valence-electron chi connectivity index (χ4n) is 4.10. The topological polar surface area (TPSA) is 21.3 Å². The Bertz CT molecular complexity index is 831. The molecule has 2 aliphatic rings. The summed E-state index contributed by atoms with van der Waals surface area (Å²) in [4.78, 5) is 0. The maximum Gasteiger partial charge on any atom is 0.142 e. The van der Waals surface area contributed by atoms with Gasteiger partial charge in [-0.25, -0.2) is 0 Å². The first-order valence-corrected chi connectivity index (χ1v) is 8.91. The van der Waals surface area contributed by atoms with Crippen molar-refractivity contribution >= 4 is 28.9 Å². The van der Waals surface area contributed by atoms with E-state index in [9.17, 15) is 0 Å². The first kappa shape index (κ1) is 15.9. The molecular weight excluding hydrogens is 341 g/mol. The summed E-state index contributed by atoms with van der Waals surface area (Å²) in [6, 6.07) is 10.1. The third kappa shape index (κ3) is 2.40. The highest BCUT2D eigenvalue weighted by Gasteiger charge is 2.40. The molecule has 1 aliphatic heterocycles. The van der Waals surface area contributed by atoms with Crippen LogP contribution in [0, 0.1) is 12.8 Å². The van der Waals surface area contributed by atoms with E-state index in [1.807, 2.05) is 24.3 Å². The largest absolute Gasteiger partial charge is 0.495 e. The summed E-state index contributed by atoms with van der Waals surface area (Å²) in [6.45, 7) is 2.17. The van der Waals surface area contributed by atoms with Crippen molar-refractivity contribution in [3.63, 3.8) is 0 Å². The predicted molar refractivity (Wildman–Crippen MR) is 101 cm³/mol. The quantitative estimate of drug-likeness (QED) is 0.650. The van der Waals surface area contributed by atoms with Crippen molar-refractivity contribution in [2.45, 2.75) is 25.3 Å². The van der Waals surface area contributed by atoms with E-state index in [1.165, 1.54) is 11.1 Å². The van der Waals surface area contributed by atoms with Crippen molar-refractivity contribution in [3.05, 3.63) is 69.2 Å². The Balaban J connectivity index is 1.87. The SMILES string of the molecule is COc1ccc(C)c2c1N[C@H](c1ccc(Cl)cc1Cl)[C@H]1CC=C[C@@H]21. The summed E-state index contributed by atoms with van der Waals surface area (Å²) in [5, 5.41) is 5.08. The van der Waals surface area contributed by atoms with Gasteiger partial charge in [0.05, 0.1) is 18.8 Å². The second-order valence-corrected chi connectivity index (χ2v) is 7.36. The molecule has 2 aromatic carbocycles. The van der Waals surface area contributed by atoms with Crippen molar-refractivity contribution in [1.29, 1.82) is 0 Å². The van der Waals surface area contributed by atoms with Crippen LogP contribution < -0.4 is 10.1 Å². The van der Waals surface area contributed by atoms with Gasteiger partial charge in [-0.1, -0.05) is 47.5 Å². The van der Waals surface area contributed by atoms with E-state index in [0.29, 0.717) is 21.9 Å². The van der Waals surface area contributed by atoms with Gasteiger partial charge >= 0.3 is 0 Å². The van der Waals surface area contributed by atoms with Crippen molar-refractivity contribution < 1.29 is 4.74 Å². The molecule has 4 heteroatoms. The Kier molecular flexibility index (Phi) is 3.98. The lowest BCUT2D eigenvalue weighted by molar-refractivity contribution is 0.396. The lowest BCUT2D eigenvalue weighted by Crippen LogP contribution is -2.30. The van der Waals surface area contributed by atoms with Crippen LogP contribution >= 0.6 is 23.2 Å². The van der Waals surface area contributed by atoms with Gasteiger partial charge in [0, 0.05) is 16.0 Å². The van der Waals surface area contributed by atoms with Crippen LogP contribution in [0.2, 0.25) is 10.0 Å². The van der Waals surface area contributed by atoms with Crippen LogP contribution in [0.25, 0.3) is 0 Å². The number of hydrogen-bond acceptors (Lipinski definition) is 2. The molecule has 0 amide bonds. The number of fused-ring (bicyclic) bond motifs is 3. The number of benzene rings is 2. The summed E-state index contributed by atoms with van der Waals surface area (Å²) in [6.07, 6.45) is 5.65. The van der Waals surface area contributed by atoms with E-state index in [2.05, 4.69) is 30.5 Å². The van der Waals surface area contributed by atoms with Gasteiger partial charge in [-0.05, 0) is 54.2 Å². The van der Waals surface area contributed by atoms with Crippen LogP contribution in [0.3, 0.4) is 0 Å². The lowest BCUT2D eigenvalue weighted by atomic mass is 9.75. The van der Waals surface area contributed by atoms with Crippen molar-refractivity contribution in [1.82, 2.24) is 0 Å². The highest BCUT2D eigenvalue weighted by molar-refractivity contribution is 6.35. The minimum atomic E-state index is 0.137. The van der Waals surface area contributed by atoms with Gasteiger partial charge in [0.15, 0.2) is 0 Å². The van der Waals surface area contributed by atoms with Crippen LogP contribution in [0.1, 0.15) is 35.1 Å². The highest BCUT2D eigenvalue weighted by Crippen LogP contribution is 2.54. The number of allylic oxidation sites excluding steroid dienone is 2. The molecule has 0 aromatic heterocycles. The Morgan fingerprint density at radius 2 is 2.00 bits per heavy atom. The number of rotatable bonds is 2. The van der Waals surface area contributed by atoms with Crippen LogP contribution in [0.15, 0.2) is 42.5 Å². The van der Waals surface area contributed by atoms with Gasteiger partial charge < -0.3 is 10.1 Å². The van der Waals surface area contributed by atoms with Gasteiger partial charge in [0.2, 0.25) is 0 Å². The molecule has 2 aromatic rings. The number of methoxy groups -OCH3 is 1. The molecule has 1 N–H and O–H groups in total. The zero-order chi connectivity index (χ0) is 16.8. The van der Waals surface area contributed by atoms with E-state index in [4.69, 9.17) is 27.9 Å². The van der Waals surface area contributed by atoms with E-state index in [0.717, 1.165) is 23.4 Å². The van der Waals surface area contributed by atoms with Crippen LogP contribution in [-0.4, -0.2) is 7.11 Å². The van der Waals surface area contributed by atoms with Gasteiger partial charge in [0.1, 0.15) is 5.75 Å². The Morgan fingerprint density at radius 1 is 1.17 bits per heavy atom. The molecule has 4 rings (SSSR count). The molecule has 3 atom stereocenters. The summed E-state index contributed by atoms with van der Waals surface area (Å²) < 4.78 is 5.61. The minimum absolute atomic E-state index is 0.137. The van der Waals surface area contributed by atoms with E-state index >= 15 is 0 Å². The second-order valence-electron chi connectivity index (χ2n) is 6.51. The zero-order valence-corrected chi connectivity index (χ0v) is 15.2. The third-order valence-electron chi connectivity index (χ3n) is 5.22. The van der Waals surface area contributed by atoms with Crippen molar-refractivity contribution in [3.8, 4) is 5.75 Å². The summed E-state index contributed by atoms with van der Waals surface area (Å²) in [5.74, 6) is 1.71. The van der Waals surface area contributed by atoms with E-state index in [1.54, 1.807) is 7.11 Å². The summed E-state index contributed by atoms with van der Waals surface area (Å²) in [5.41, 5.74) is 4.81. The Hall–Kier alpha value is -1.64. The molecule has 0 unspecified atom stereocenters. The average Bonchev–Trinajstić information content (AvgIpc) is 3.04. The lowest BCUT2D eigenvalue weighted by Gasteiger charge is -2.39. The third-order valence-corrected chi connectivity index (χ3v) is 5.78. The van der Waals surface area contributed by atoms with E-state index < -0.39 is 0 Å². The fraction of sp³-hybridized carbons (Fsp3) is 0.300. The van der Waals surface area contributed by atoms with Gasteiger partial charge in [0.25, 0.3) is 0 Å². The number of aryl methyl sites for hydroxylation is 1. The van der Waals surface area contributed by atoms with Gasteiger partial charge in [-0.3, -0.25) is 0 Å². The molecule has 124 valence electrons. The number of hydrogen-bond donors (Lipinski definition) is 1. The molecule has 0 saturated heterocycles. The maximum absolute atomic E-state index is 6.51. The molecule has 0 bridgehead atoms. The molecule has 1 heterocycles. The zero-order valence-electron chi connectivity index (χ0n) is 13.6. The predicted octanol–water partition coefficient (Wildman–Crippen LogP) is 6.14. The normalized spacial score (nSPS) is 24.2. The first-order valence-electron chi connectivity index (χ1n) is 8.15. The van der Waals surface area contributed by atoms with Crippen LogP contribution in [0.5, 0.6) is 5.75 Å². The van der Waals surface area contributed by atoms with Crippen LogP contribution in [0.4, 0.5) is 5.69 Å². The molecule has 0 saturated carbocycles. The minimum Gasteiger partial charge on any atom is -0.495 e. The van der Waals surface area contributed by atoms with Crippen LogP contribution in [-0.2, 0) is 0 Å². The molecule has 0 fully saturated rings. The first-order chi connectivity index (χ1) is 11.6. The monoisotopic (exact) mass is 359 g/mol. The summed E-state index contributed by atoms with van der Waals surface area (Å²) >= 11 is 12.6. The van der Waals surface area contributed by atoms with Crippen molar-refractivity contribution in [2.75, 3.05) is 12.4 Å². The van der Waals surface area contributed by atoms with Gasteiger partial charge in [-0.15, -0.1) is 0 Å². The number of ether oxygens (including phenoxy) is 1. The maximum atomic E-state index is 6.51. The average molecular weight is 360 g/mol. The Morgan fingerprint density at radius 3 is 2.75 bits per heavy atom. The summed E-state index contributed by atoms with van der Waals surface area (Å²) in [7, 11) is 1.72. The number of nitrogens with one attached hydrogen (secondary N) is 1. The Labute approximate surface area is 152 Å². The molecular formula is C20H19Cl2NO. The number of halogens is 2. The fourth-order valence-corrected chi connectivity index (χ4v) is 4.63. The van der Waals surface area contributed by atoms with Crippen molar-refractivity contribution in [2.24, 2.45) is 5.92 Å². The smallest absolute Gasteiger partial charge is 0.142 e. The highest BCUT2D eigenvalue weighted by atomic mass is 35.5. The standard InChI is InChI=1S/C20H19Cl2NO/c1-11-6-9-17(24-2)20-18(11)13-4-3-5-14(13)19(23-20)15-8-7-12(21)10-16(15)22/h3-4,6-10,13-14,19,23H,5H2,1-2H3/t13-,14+,19+/m1/s1. The molecule has 24 heavy (non-hydrogen) atoms. The number of anilines is 1. The molecule has 2 nitrogen and oxygen atoms in total. The molecule has 0 radical (unpaired) electrons.